The summed E-state index contributed by atoms with van der Waals surface area (Å²) >= 11 is 0. The third-order valence-corrected chi connectivity index (χ3v) is 2.15. The van der Waals surface area contributed by atoms with Crippen molar-refractivity contribution in [2.75, 3.05) is 13.1 Å². The maximum Gasteiger partial charge on any atom is 0.227 e. The van der Waals surface area contributed by atoms with Crippen LogP contribution in [0.2, 0.25) is 0 Å². The van der Waals surface area contributed by atoms with E-state index >= 15 is 0 Å². The Bertz CT molecular complexity index is 297. The lowest BCUT2D eigenvalue weighted by atomic mass is 10.4. The summed E-state index contributed by atoms with van der Waals surface area (Å²) in [5.74, 6) is 6.55. The topological polar surface area (TPSA) is 92.8 Å². The second-order valence-corrected chi connectivity index (χ2v) is 4.65. The van der Waals surface area contributed by atoms with Gasteiger partial charge >= 0.3 is 0 Å². The third-order valence-electron chi connectivity index (χ3n) is 2.15. The number of hydrogen-bond donors (Lipinski definition) is 4. The normalized spacial score (nSPS) is 17.4. The van der Waals surface area contributed by atoms with Gasteiger partial charge in [0.2, 0.25) is 11.9 Å². The maximum absolute atomic E-state index is 7.75. The molecule has 1 fully saturated rings. The fraction of sp³-hybridized carbons (Fsp3) is 0.800. The van der Waals surface area contributed by atoms with Crippen LogP contribution < -0.4 is 16.6 Å². The molecule has 0 aromatic heterocycles. The molecule has 1 heterocycles. The number of aliphatic imine (C=N–C) groups is 1. The average molecular weight is 241 g/mol. The molecule has 0 amide bonds. The molecule has 17 heavy (non-hydrogen) atoms. The van der Waals surface area contributed by atoms with Crippen molar-refractivity contribution < 1.29 is 0 Å². The van der Waals surface area contributed by atoms with Crippen LogP contribution in [-0.4, -0.2) is 47.1 Å². The van der Waals surface area contributed by atoms with Crippen molar-refractivity contribution in [1.82, 2.24) is 20.8 Å². The van der Waals surface area contributed by atoms with E-state index in [0.717, 1.165) is 0 Å². The van der Waals surface area contributed by atoms with E-state index in [1.165, 1.54) is 5.01 Å². The van der Waals surface area contributed by atoms with E-state index in [1.54, 1.807) is 5.01 Å². The van der Waals surface area contributed by atoms with E-state index in [9.17, 15) is 0 Å². The smallest absolute Gasteiger partial charge is 0.227 e. The summed E-state index contributed by atoms with van der Waals surface area (Å²) in [5, 5.41) is 14.0. The standard InChI is InChI=1S/C10H23N7/c1-7(2)13-10(14-8(3)4)15-17-6-5-16(12)9(17)11/h7-8,11H,5-6,12H2,1-4H3,(H2,13,14,15). The molecule has 1 rings (SSSR count). The Morgan fingerprint density at radius 1 is 1.35 bits per heavy atom. The Balaban J connectivity index is 2.63. The van der Waals surface area contributed by atoms with Gasteiger partial charge in [0.05, 0.1) is 13.1 Å². The monoisotopic (exact) mass is 241 g/mol. The molecule has 0 unspecified atom stereocenters. The van der Waals surface area contributed by atoms with Crippen molar-refractivity contribution in [3.63, 3.8) is 0 Å². The zero-order chi connectivity index (χ0) is 13.0. The first-order chi connectivity index (χ1) is 7.90. The lowest BCUT2D eigenvalue weighted by Gasteiger charge is -2.24. The maximum atomic E-state index is 7.75. The van der Waals surface area contributed by atoms with Gasteiger partial charge < -0.3 is 5.32 Å². The SMILES string of the molecule is CC(C)N=C(NC(C)C)NN1CCN(N)C1=N. The van der Waals surface area contributed by atoms with Crippen molar-refractivity contribution in [2.24, 2.45) is 10.8 Å². The number of guanidine groups is 2. The van der Waals surface area contributed by atoms with Gasteiger partial charge in [-0.05, 0) is 27.7 Å². The van der Waals surface area contributed by atoms with E-state index in [4.69, 9.17) is 11.3 Å². The lowest BCUT2D eigenvalue weighted by Crippen LogP contribution is -2.52. The molecule has 98 valence electrons. The first-order valence-corrected chi connectivity index (χ1v) is 5.89. The van der Waals surface area contributed by atoms with Crippen LogP contribution in [0.1, 0.15) is 27.7 Å². The summed E-state index contributed by atoms with van der Waals surface area (Å²) in [6, 6.07) is 0.472. The van der Waals surface area contributed by atoms with Gasteiger partial charge in [-0.3, -0.25) is 20.9 Å². The van der Waals surface area contributed by atoms with Crippen LogP contribution in [0.15, 0.2) is 4.99 Å². The summed E-state index contributed by atoms with van der Waals surface area (Å²) in [6.07, 6.45) is 0. The fourth-order valence-corrected chi connectivity index (χ4v) is 1.44. The minimum Gasteiger partial charge on any atom is -0.353 e. The molecule has 0 spiro atoms. The predicted octanol–water partition coefficient (Wildman–Crippen LogP) is -0.321. The van der Waals surface area contributed by atoms with Gasteiger partial charge in [-0.2, -0.15) is 0 Å². The van der Waals surface area contributed by atoms with Crippen LogP contribution in [0.25, 0.3) is 0 Å². The number of hydrogen-bond acceptors (Lipinski definition) is 3. The molecule has 0 aromatic rings. The van der Waals surface area contributed by atoms with Gasteiger partial charge in [0.15, 0.2) is 0 Å². The highest BCUT2D eigenvalue weighted by molar-refractivity contribution is 5.85. The fourth-order valence-electron chi connectivity index (χ4n) is 1.44. The van der Waals surface area contributed by atoms with Crippen LogP contribution in [0.5, 0.6) is 0 Å². The predicted molar refractivity (Wildman–Crippen MR) is 69.3 cm³/mol. The zero-order valence-electron chi connectivity index (χ0n) is 11.0. The highest BCUT2D eigenvalue weighted by Crippen LogP contribution is 1.99. The third kappa shape index (κ3) is 4.10. The quantitative estimate of drug-likeness (QED) is 0.309. The summed E-state index contributed by atoms with van der Waals surface area (Å²) in [7, 11) is 0. The second-order valence-electron chi connectivity index (χ2n) is 4.65. The molecule has 1 saturated heterocycles. The molecule has 7 heteroatoms. The highest BCUT2D eigenvalue weighted by atomic mass is 15.7. The van der Waals surface area contributed by atoms with Crippen molar-refractivity contribution in [3.05, 3.63) is 0 Å². The van der Waals surface area contributed by atoms with E-state index < -0.39 is 0 Å². The van der Waals surface area contributed by atoms with Crippen molar-refractivity contribution in [1.29, 1.82) is 5.41 Å². The van der Waals surface area contributed by atoms with Crippen LogP contribution in [0, 0.1) is 5.41 Å². The minimum absolute atomic E-state index is 0.189. The molecular weight excluding hydrogens is 218 g/mol. The largest absolute Gasteiger partial charge is 0.353 e. The van der Waals surface area contributed by atoms with Gasteiger partial charge in [0.25, 0.3) is 0 Å². The first kappa shape index (κ1) is 13.6. The van der Waals surface area contributed by atoms with Crippen LogP contribution in [0.4, 0.5) is 0 Å². The Morgan fingerprint density at radius 2 is 2.00 bits per heavy atom. The summed E-state index contributed by atoms with van der Waals surface area (Å²) in [4.78, 5) is 4.44. The Labute approximate surface area is 102 Å². The molecule has 0 saturated carbocycles. The highest BCUT2D eigenvalue weighted by Gasteiger charge is 2.23. The molecule has 7 nitrogen and oxygen atoms in total. The van der Waals surface area contributed by atoms with Gasteiger partial charge in [0.1, 0.15) is 0 Å². The Kier molecular flexibility index (Phi) is 4.56. The van der Waals surface area contributed by atoms with Crippen LogP contribution >= 0.6 is 0 Å². The first-order valence-electron chi connectivity index (χ1n) is 5.89. The zero-order valence-corrected chi connectivity index (χ0v) is 11.0. The van der Waals surface area contributed by atoms with Crippen molar-refractivity contribution >= 4 is 11.9 Å². The molecule has 1 aliphatic rings. The van der Waals surface area contributed by atoms with Crippen molar-refractivity contribution in [2.45, 2.75) is 39.8 Å². The minimum atomic E-state index is 0.189. The number of rotatable bonds is 3. The molecular formula is C10H23N7. The number of nitrogens with two attached hydrogens (primary N) is 1. The molecule has 0 radical (unpaired) electrons. The summed E-state index contributed by atoms with van der Waals surface area (Å²) < 4.78 is 0. The van der Waals surface area contributed by atoms with Crippen molar-refractivity contribution in [3.8, 4) is 0 Å². The van der Waals surface area contributed by atoms with E-state index in [0.29, 0.717) is 19.0 Å². The number of nitrogens with one attached hydrogen (secondary N) is 3. The van der Waals surface area contributed by atoms with E-state index in [2.05, 4.69) is 15.7 Å². The molecule has 0 aliphatic carbocycles. The summed E-state index contributed by atoms with van der Waals surface area (Å²) in [5.41, 5.74) is 3.08. The van der Waals surface area contributed by atoms with E-state index in [-0.39, 0.29) is 18.0 Å². The van der Waals surface area contributed by atoms with Gasteiger partial charge in [-0.1, -0.05) is 0 Å². The van der Waals surface area contributed by atoms with Gasteiger partial charge in [-0.25, -0.2) is 10.8 Å². The van der Waals surface area contributed by atoms with E-state index in [1.807, 2.05) is 27.7 Å². The van der Waals surface area contributed by atoms with Crippen LogP contribution in [-0.2, 0) is 0 Å². The molecule has 0 bridgehead atoms. The molecule has 5 N–H and O–H groups in total. The summed E-state index contributed by atoms with van der Waals surface area (Å²) in [6.45, 7) is 9.42. The lowest BCUT2D eigenvalue weighted by molar-refractivity contribution is 0.401. The molecule has 0 atom stereocenters. The molecule has 0 aromatic carbocycles. The number of hydrazine groups is 2. The second kappa shape index (κ2) is 5.72. The molecule has 1 aliphatic heterocycles. The Hall–Kier alpha value is -1.50. The van der Waals surface area contributed by atoms with Crippen LogP contribution in [0.3, 0.4) is 0 Å². The van der Waals surface area contributed by atoms with Gasteiger partial charge in [0, 0.05) is 12.1 Å². The van der Waals surface area contributed by atoms with Gasteiger partial charge in [-0.15, -0.1) is 0 Å². The number of nitrogens with zero attached hydrogens (tertiary/aromatic N) is 3. The Morgan fingerprint density at radius 3 is 2.41 bits per heavy atom. The average Bonchev–Trinajstić information content (AvgIpc) is 2.47.